The van der Waals surface area contributed by atoms with Gasteiger partial charge in [-0.2, -0.15) is 0 Å². The van der Waals surface area contributed by atoms with Crippen LogP contribution in [0.25, 0.3) is 6.08 Å². The van der Waals surface area contributed by atoms with Crippen LogP contribution in [0, 0.1) is 0 Å². The number of piperazine rings is 1. The Morgan fingerprint density at radius 3 is 2.32 bits per heavy atom. The third-order valence-corrected chi connectivity index (χ3v) is 5.10. The zero-order valence-electron chi connectivity index (χ0n) is 15.8. The minimum Gasteiger partial charge on any atom is -0.497 e. The molecule has 4 rings (SSSR count). The van der Waals surface area contributed by atoms with Crippen molar-refractivity contribution in [2.24, 2.45) is 0 Å². The van der Waals surface area contributed by atoms with Crippen LogP contribution in [0.2, 0.25) is 0 Å². The average Bonchev–Trinajstić information content (AvgIpc) is 2.73. The monoisotopic (exact) mass is 378 g/mol. The van der Waals surface area contributed by atoms with Gasteiger partial charge >= 0.3 is 0 Å². The van der Waals surface area contributed by atoms with Crippen LogP contribution >= 0.6 is 0 Å². The lowest BCUT2D eigenvalue weighted by Crippen LogP contribution is -2.50. The maximum absolute atomic E-state index is 12.7. The molecule has 0 bridgehead atoms. The molecule has 2 heterocycles. The number of rotatable bonds is 4. The smallest absolute Gasteiger partial charge is 0.253 e. The molecule has 0 atom stereocenters. The van der Waals surface area contributed by atoms with E-state index in [4.69, 9.17) is 9.47 Å². The van der Waals surface area contributed by atoms with Crippen LogP contribution in [0.15, 0.2) is 48.5 Å². The molecule has 1 fully saturated rings. The molecule has 1 saturated heterocycles. The van der Waals surface area contributed by atoms with E-state index in [-0.39, 0.29) is 11.8 Å². The summed E-state index contributed by atoms with van der Waals surface area (Å²) in [6, 6.07) is 13.1. The number of amides is 2. The molecule has 6 nitrogen and oxygen atoms in total. The normalized spacial score (nSPS) is 15.6. The van der Waals surface area contributed by atoms with Gasteiger partial charge < -0.3 is 19.3 Å². The van der Waals surface area contributed by atoms with Gasteiger partial charge in [-0.05, 0) is 42.0 Å². The summed E-state index contributed by atoms with van der Waals surface area (Å²) in [5, 5.41) is 0. The lowest BCUT2D eigenvalue weighted by Gasteiger charge is -2.34. The number of carbonyl (C=O) groups is 2. The molecule has 2 aliphatic heterocycles. The molecule has 0 unspecified atom stereocenters. The first-order valence-corrected chi connectivity index (χ1v) is 9.30. The summed E-state index contributed by atoms with van der Waals surface area (Å²) >= 11 is 0. The number of nitrogens with zero attached hydrogens (tertiary/aromatic N) is 2. The maximum Gasteiger partial charge on any atom is 0.253 e. The summed E-state index contributed by atoms with van der Waals surface area (Å²) in [4.78, 5) is 28.7. The van der Waals surface area contributed by atoms with E-state index in [1.807, 2.05) is 36.4 Å². The number of hydrogen-bond donors (Lipinski definition) is 0. The molecule has 0 radical (unpaired) electrons. The van der Waals surface area contributed by atoms with Crippen molar-refractivity contribution in [2.45, 2.75) is 6.61 Å². The van der Waals surface area contributed by atoms with Gasteiger partial charge in [-0.25, -0.2) is 0 Å². The fourth-order valence-electron chi connectivity index (χ4n) is 3.34. The third-order valence-electron chi connectivity index (χ3n) is 5.10. The Balaban J connectivity index is 1.31. The molecule has 2 aromatic rings. The Hall–Kier alpha value is -3.28. The van der Waals surface area contributed by atoms with Crippen LogP contribution in [0.1, 0.15) is 21.5 Å². The standard InChI is InChI=1S/C22H22N2O4/c1-27-19-6-2-16(3-7-19)4-9-21(25)23-10-12-24(13-11-23)22(26)17-5-8-20-18(14-17)15-28-20/h2-9,14H,10-13,15H2,1H3/b9-4+. The van der Waals surface area contributed by atoms with E-state index in [9.17, 15) is 9.59 Å². The first-order chi connectivity index (χ1) is 13.6. The molecular formula is C22H22N2O4. The summed E-state index contributed by atoms with van der Waals surface area (Å²) in [5.74, 6) is 1.61. The fourth-order valence-corrected chi connectivity index (χ4v) is 3.34. The van der Waals surface area contributed by atoms with Crippen molar-refractivity contribution in [3.05, 3.63) is 65.2 Å². The number of hydrogen-bond acceptors (Lipinski definition) is 4. The van der Waals surface area contributed by atoms with Crippen LogP contribution in [-0.4, -0.2) is 54.9 Å². The Labute approximate surface area is 164 Å². The van der Waals surface area contributed by atoms with Gasteiger partial charge in [0.15, 0.2) is 0 Å². The van der Waals surface area contributed by atoms with Crippen LogP contribution in [0.4, 0.5) is 0 Å². The highest BCUT2D eigenvalue weighted by atomic mass is 16.5. The zero-order valence-corrected chi connectivity index (χ0v) is 15.8. The Morgan fingerprint density at radius 2 is 1.71 bits per heavy atom. The van der Waals surface area contributed by atoms with Crippen LogP contribution in [0.5, 0.6) is 11.5 Å². The summed E-state index contributed by atoms with van der Waals surface area (Å²) in [6.45, 7) is 2.71. The molecule has 144 valence electrons. The minimum absolute atomic E-state index is 0.00979. The molecule has 0 saturated carbocycles. The van der Waals surface area contributed by atoms with Gasteiger partial charge in [-0.1, -0.05) is 12.1 Å². The molecule has 2 aliphatic rings. The number of benzene rings is 2. The molecule has 0 aromatic heterocycles. The maximum atomic E-state index is 12.7. The van der Waals surface area contributed by atoms with Crippen molar-refractivity contribution in [1.82, 2.24) is 9.80 Å². The molecular weight excluding hydrogens is 356 g/mol. The molecule has 6 heteroatoms. The quantitative estimate of drug-likeness (QED) is 0.768. The van der Waals surface area contributed by atoms with E-state index in [2.05, 4.69) is 0 Å². The summed E-state index contributed by atoms with van der Waals surface area (Å²) < 4.78 is 10.4. The molecule has 2 amide bonds. The average molecular weight is 378 g/mol. The Kier molecular flexibility index (Phi) is 5.02. The van der Waals surface area contributed by atoms with Crippen molar-refractivity contribution in [2.75, 3.05) is 33.3 Å². The van der Waals surface area contributed by atoms with E-state index in [0.29, 0.717) is 38.3 Å². The predicted molar refractivity (Wildman–Crippen MR) is 105 cm³/mol. The van der Waals surface area contributed by atoms with Crippen molar-refractivity contribution >= 4 is 17.9 Å². The van der Waals surface area contributed by atoms with E-state index in [1.165, 1.54) is 0 Å². The highest BCUT2D eigenvalue weighted by Gasteiger charge is 2.25. The van der Waals surface area contributed by atoms with Gasteiger partial charge in [0.1, 0.15) is 18.1 Å². The van der Waals surface area contributed by atoms with E-state index < -0.39 is 0 Å². The lowest BCUT2D eigenvalue weighted by atomic mass is 10.1. The fraction of sp³-hybridized carbons (Fsp3) is 0.273. The first-order valence-electron chi connectivity index (χ1n) is 9.30. The van der Waals surface area contributed by atoms with Gasteiger partial charge in [0.2, 0.25) is 5.91 Å². The highest BCUT2D eigenvalue weighted by molar-refractivity contribution is 5.95. The number of ether oxygens (including phenoxy) is 2. The second kappa shape index (κ2) is 7.76. The molecule has 0 N–H and O–H groups in total. The van der Waals surface area contributed by atoms with E-state index in [0.717, 1.165) is 22.6 Å². The molecule has 28 heavy (non-hydrogen) atoms. The minimum atomic E-state index is -0.0406. The first kappa shape index (κ1) is 18.1. The highest BCUT2D eigenvalue weighted by Crippen LogP contribution is 2.29. The molecule has 0 aliphatic carbocycles. The van der Waals surface area contributed by atoms with Gasteiger partial charge in [-0.3, -0.25) is 9.59 Å². The van der Waals surface area contributed by atoms with Gasteiger partial charge in [0, 0.05) is 43.4 Å². The predicted octanol–water partition coefficient (Wildman–Crippen LogP) is 2.59. The SMILES string of the molecule is COc1ccc(/C=C/C(=O)N2CCN(C(=O)c3ccc4c(c3)CO4)CC2)cc1. The second-order valence-electron chi connectivity index (χ2n) is 6.84. The molecule has 0 spiro atoms. The second-order valence-corrected chi connectivity index (χ2v) is 6.84. The van der Waals surface area contributed by atoms with Crippen molar-refractivity contribution in [1.29, 1.82) is 0 Å². The number of methoxy groups -OCH3 is 1. The van der Waals surface area contributed by atoms with Crippen molar-refractivity contribution in [3.8, 4) is 11.5 Å². The van der Waals surface area contributed by atoms with E-state index >= 15 is 0 Å². The summed E-state index contributed by atoms with van der Waals surface area (Å²) in [5.41, 5.74) is 2.69. The van der Waals surface area contributed by atoms with Crippen LogP contribution in [0.3, 0.4) is 0 Å². The Bertz CT molecular complexity index is 913. The van der Waals surface area contributed by atoms with Gasteiger partial charge in [0.05, 0.1) is 7.11 Å². The van der Waals surface area contributed by atoms with Crippen molar-refractivity contribution < 1.29 is 19.1 Å². The van der Waals surface area contributed by atoms with Gasteiger partial charge in [0.25, 0.3) is 5.91 Å². The van der Waals surface area contributed by atoms with Crippen LogP contribution in [-0.2, 0) is 11.4 Å². The summed E-state index contributed by atoms with van der Waals surface area (Å²) in [7, 11) is 1.62. The zero-order chi connectivity index (χ0) is 19.5. The van der Waals surface area contributed by atoms with Gasteiger partial charge in [-0.15, -0.1) is 0 Å². The van der Waals surface area contributed by atoms with Crippen molar-refractivity contribution in [3.63, 3.8) is 0 Å². The van der Waals surface area contributed by atoms with Crippen LogP contribution < -0.4 is 9.47 Å². The topological polar surface area (TPSA) is 59.1 Å². The lowest BCUT2D eigenvalue weighted by molar-refractivity contribution is -0.127. The largest absolute Gasteiger partial charge is 0.497 e. The van der Waals surface area contributed by atoms with E-state index in [1.54, 1.807) is 35.1 Å². The Morgan fingerprint density at radius 1 is 1.00 bits per heavy atom. The molecule has 2 aromatic carbocycles. The summed E-state index contributed by atoms with van der Waals surface area (Å²) in [6.07, 6.45) is 3.37. The number of fused-ring (bicyclic) bond motifs is 1. The third kappa shape index (κ3) is 3.71. The number of carbonyl (C=O) groups excluding carboxylic acids is 2.